The molecule has 96 valence electrons. The molecule has 1 aromatic rings. The summed E-state index contributed by atoms with van der Waals surface area (Å²) in [6.45, 7) is 0.650. The summed E-state index contributed by atoms with van der Waals surface area (Å²) < 4.78 is 5.49. The first-order chi connectivity index (χ1) is 8.63. The van der Waals surface area contributed by atoms with Crippen molar-refractivity contribution in [1.82, 2.24) is 5.32 Å². The van der Waals surface area contributed by atoms with E-state index in [9.17, 15) is 9.59 Å². The first-order valence-corrected chi connectivity index (χ1v) is 5.84. The monoisotopic (exact) mass is 248 g/mol. The van der Waals surface area contributed by atoms with E-state index >= 15 is 0 Å². The maximum atomic E-state index is 11.8. The zero-order valence-corrected chi connectivity index (χ0v) is 10.5. The molecule has 5 nitrogen and oxygen atoms in total. The van der Waals surface area contributed by atoms with Crippen LogP contribution >= 0.6 is 0 Å². The highest BCUT2D eigenvalue weighted by atomic mass is 16.5. The van der Waals surface area contributed by atoms with Crippen molar-refractivity contribution in [3.8, 4) is 5.75 Å². The molecule has 1 aliphatic rings. The van der Waals surface area contributed by atoms with Crippen LogP contribution in [0, 0.1) is 0 Å². The Balaban J connectivity index is 2.37. The number of amides is 1. The van der Waals surface area contributed by atoms with Crippen molar-refractivity contribution >= 4 is 17.4 Å². The van der Waals surface area contributed by atoms with Gasteiger partial charge in [-0.3, -0.25) is 9.59 Å². The summed E-state index contributed by atoms with van der Waals surface area (Å²) in [5, 5.41) is 2.82. The van der Waals surface area contributed by atoms with Crippen molar-refractivity contribution in [2.75, 3.05) is 32.1 Å². The molecule has 0 spiro atoms. The summed E-state index contributed by atoms with van der Waals surface area (Å²) in [7, 11) is 3.42. The number of fused-ring (bicyclic) bond motifs is 1. The standard InChI is InChI=1S/C13H16N2O3/c1-14-8-11(16)9-3-4-12-10(7-9)15(2)13(17)5-6-18-12/h3-4,7,14H,5-6,8H2,1-2H3. The summed E-state index contributed by atoms with van der Waals surface area (Å²) in [5.41, 5.74) is 1.23. The van der Waals surface area contributed by atoms with Crippen LogP contribution in [0.25, 0.3) is 0 Å². The van der Waals surface area contributed by atoms with Crippen molar-refractivity contribution in [3.63, 3.8) is 0 Å². The maximum Gasteiger partial charge on any atom is 0.230 e. The number of rotatable bonds is 3. The van der Waals surface area contributed by atoms with Gasteiger partial charge in [-0.25, -0.2) is 0 Å². The lowest BCUT2D eigenvalue weighted by atomic mass is 10.1. The fourth-order valence-corrected chi connectivity index (χ4v) is 1.89. The molecule has 0 saturated carbocycles. The predicted octanol–water partition coefficient (Wildman–Crippen LogP) is 0.834. The highest BCUT2D eigenvalue weighted by Crippen LogP contribution is 2.31. The zero-order valence-electron chi connectivity index (χ0n) is 10.5. The molecule has 1 heterocycles. The third-order valence-corrected chi connectivity index (χ3v) is 2.93. The molecule has 0 saturated heterocycles. The number of ether oxygens (including phenoxy) is 1. The highest BCUT2D eigenvalue weighted by molar-refractivity contribution is 6.01. The Kier molecular flexibility index (Phi) is 3.62. The number of Topliss-reactive ketones (excluding diaryl/α,β-unsaturated/α-hetero) is 1. The molecular formula is C13H16N2O3. The molecule has 0 bridgehead atoms. The smallest absolute Gasteiger partial charge is 0.230 e. The lowest BCUT2D eigenvalue weighted by Gasteiger charge is -2.17. The third kappa shape index (κ3) is 2.36. The van der Waals surface area contributed by atoms with E-state index in [1.807, 2.05) is 0 Å². The Morgan fingerprint density at radius 2 is 2.28 bits per heavy atom. The predicted molar refractivity (Wildman–Crippen MR) is 68.2 cm³/mol. The molecule has 5 heteroatoms. The van der Waals surface area contributed by atoms with E-state index in [2.05, 4.69) is 5.32 Å². The lowest BCUT2D eigenvalue weighted by Crippen LogP contribution is -2.25. The third-order valence-electron chi connectivity index (χ3n) is 2.93. The van der Waals surface area contributed by atoms with E-state index in [0.29, 0.717) is 30.0 Å². The number of nitrogens with zero attached hydrogens (tertiary/aromatic N) is 1. The van der Waals surface area contributed by atoms with E-state index in [1.54, 1.807) is 37.2 Å². The average Bonchev–Trinajstić information content (AvgIpc) is 2.50. The summed E-state index contributed by atoms with van der Waals surface area (Å²) in [6.07, 6.45) is 0.352. The quantitative estimate of drug-likeness (QED) is 0.805. The minimum absolute atomic E-state index is 0.00744. The number of carbonyl (C=O) groups excluding carboxylic acids is 2. The Morgan fingerprint density at radius 3 is 3.00 bits per heavy atom. The van der Waals surface area contributed by atoms with E-state index in [1.165, 1.54) is 0 Å². The van der Waals surface area contributed by atoms with Crippen LogP contribution in [0.3, 0.4) is 0 Å². The van der Waals surface area contributed by atoms with Gasteiger partial charge in [0.15, 0.2) is 5.78 Å². The number of hydrogen-bond acceptors (Lipinski definition) is 4. The second-order valence-corrected chi connectivity index (χ2v) is 4.19. The van der Waals surface area contributed by atoms with Gasteiger partial charge in [0.25, 0.3) is 0 Å². The molecule has 0 aliphatic carbocycles. The number of nitrogens with one attached hydrogen (secondary N) is 1. The molecule has 18 heavy (non-hydrogen) atoms. The van der Waals surface area contributed by atoms with Crippen LogP contribution in [-0.2, 0) is 4.79 Å². The normalized spacial score (nSPS) is 14.8. The Labute approximate surface area is 106 Å². The highest BCUT2D eigenvalue weighted by Gasteiger charge is 2.21. The number of carbonyl (C=O) groups is 2. The molecule has 0 atom stereocenters. The summed E-state index contributed by atoms with van der Waals surface area (Å²) in [5.74, 6) is 0.627. The maximum absolute atomic E-state index is 11.8. The van der Waals surface area contributed by atoms with Crippen molar-refractivity contribution in [1.29, 1.82) is 0 Å². The Bertz CT molecular complexity index is 485. The number of benzene rings is 1. The fourth-order valence-electron chi connectivity index (χ4n) is 1.89. The van der Waals surface area contributed by atoms with Crippen LogP contribution in [0.4, 0.5) is 5.69 Å². The van der Waals surface area contributed by atoms with Gasteiger partial charge in [0.05, 0.1) is 25.3 Å². The molecule has 0 radical (unpaired) electrons. The van der Waals surface area contributed by atoms with Gasteiger partial charge in [0, 0.05) is 12.6 Å². The Hall–Kier alpha value is -1.88. The SMILES string of the molecule is CNCC(=O)c1ccc2c(c1)N(C)C(=O)CCO2. The topological polar surface area (TPSA) is 58.6 Å². The van der Waals surface area contributed by atoms with Crippen molar-refractivity contribution in [2.24, 2.45) is 0 Å². The van der Waals surface area contributed by atoms with Crippen molar-refractivity contribution < 1.29 is 14.3 Å². The molecule has 1 aliphatic heterocycles. The molecule has 0 unspecified atom stereocenters. The van der Waals surface area contributed by atoms with Crippen LogP contribution in [0.2, 0.25) is 0 Å². The molecular weight excluding hydrogens is 232 g/mol. The van der Waals surface area contributed by atoms with E-state index in [0.717, 1.165) is 0 Å². The second kappa shape index (κ2) is 5.18. The molecule has 0 aromatic heterocycles. The first kappa shape index (κ1) is 12.6. The van der Waals surface area contributed by atoms with E-state index < -0.39 is 0 Å². The van der Waals surface area contributed by atoms with Gasteiger partial charge in [-0.2, -0.15) is 0 Å². The molecule has 0 fully saturated rings. The average molecular weight is 248 g/mol. The largest absolute Gasteiger partial charge is 0.491 e. The first-order valence-electron chi connectivity index (χ1n) is 5.84. The van der Waals surface area contributed by atoms with Crippen LogP contribution < -0.4 is 15.0 Å². The lowest BCUT2D eigenvalue weighted by molar-refractivity contribution is -0.118. The fraction of sp³-hybridized carbons (Fsp3) is 0.385. The van der Waals surface area contributed by atoms with E-state index in [4.69, 9.17) is 4.74 Å². The van der Waals surface area contributed by atoms with Crippen LogP contribution in [-0.4, -0.2) is 38.9 Å². The van der Waals surface area contributed by atoms with Gasteiger partial charge < -0.3 is 15.0 Å². The van der Waals surface area contributed by atoms with Crippen LogP contribution in [0.15, 0.2) is 18.2 Å². The number of anilines is 1. The Morgan fingerprint density at radius 1 is 1.50 bits per heavy atom. The van der Waals surface area contributed by atoms with Gasteiger partial charge in [0.1, 0.15) is 5.75 Å². The van der Waals surface area contributed by atoms with Gasteiger partial charge in [-0.05, 0) is 25.2 Å². The minimum Gasteiger partial charge on any atom is -0.491 e. The van der Waals surface area contributed by atoms with E-state index in [-0.39, 0.29) is 18.2 Å². The minimum atomic E-state index is -0.00889. The van der Waals surface area contributed by atoms with Crippen LogP contribution in [0.1, 0.15) is 16.8 Å². The van der Waals surface area contributed by atoms with Crippen molar-refractivity contribution in [2.45, 2.75) is 6.42 Å². The summed E-state index contributed by atoms with van der Waals surface area (Å²) in [6, 6.07) is 5.17. The molecule has 1 N–H and O–H groups in total. The van der Waals surface area contributed by atoms with Gasteiger partial charge in [0.2, 0.25) is 5.91 Å². The summed E-state index contributed by atoms with van der Waals surface area (Å²) in [4.78, 5) is 25.1. The van der Waals surface area contributed by atoms with Crippen LogP contribution in [0.5, 0.6) is 5.75 Å². The van der Waals surface area contributed by atoms with Gasteiger partial charge >= 0.3 is 0 Å². The summed E-state index contributed by atoms with van der Waals surface area (Å²) >= 11 is 0. The van der Waals surface area contributed by atoms with Gasteiger partial charge in [-0.15, -0.1) is 0 Å². The molecule has 1 amide bonds. The number of likely N-dealkylation sites (N-methyl/N-ethyl adjacent to an activating group) is 1. The van der Waals surface area contributed by atoms with Gasteiger partial charge in [-0.1, -0.05) is 0 Å². The van der Waals surface area contributed by atoms with Crippen molar-refractivity contribution in [3.05, 3.63) is 23.8 Å². The number of ketones is 1. The number of hydrogen-bond donors (Lipinski definition) is 1. The molecule has 2 rings (SSSR count). The molecule has 1 aromatic carbocycles. The second-order valence-electron chi connectivity index (χ2n) is 4.19. The zero-order chi connectivity index (χ0) is 13.1.